The van der Waals surface area contributed by atoms with Crippen LogP contribution in [0.5, 0.6) is 0 Å². The highest BCUT2D eigenvalue weighted by Crippen LogP contribution is 2.28. The van der Waals surface area contributed by atoms with Crippen molar-refractivity contribution in [1.29, 1.82) is 0 Å². The number of rotatable bonds is 4. The second-order valence-corrected chi connectivity index (χ2v) is 8.17. The Morgan fingerprint density at radius 3 is 2.15 bits per heavy atom. The molecule has 1 aliphatic carbocycles. The molecule has 118 valence electrons. The van der Waals surface area contributed by atoms with Crippen molar-refractivity contribution in [3.63, 3.8) is 0 Å². The summed E-state index contributed by atoms with van der Waals surface area (Å²) in [6, 6.07) is 0. The number of ether oxygens (including phenoxy) is 1. The van der Waals surface area contributed by atoms with E-state index in [-0.39, 0.29) is 5.25 Å². The van der Waals surface area contributed by atoms with Crippen molar-refractivity contribution in [2.24, 2.45) is 5.73 Å². The summed E-state index contributed by atoms with van der Waals surface area (Å²) in [5, 5.41) is -0.315. The van der Waals surface area contributed by atoms with Crippen LogP contribution in [0, 0.1) is 0 Å². The third-order valence-electron chi connectivity index (χ3n) is 4.67. The Kier molecular flexibility index (Phi) is 5.84. The fourth-order valence-corrected chi connectivity index (χ4v) is 5.17. The molecule has 1 heterocycles. The van der Waals surface area contributed by atoms with Crippen molar-refractivity contribution in [3.05, 3.63) is 0 Å². The molecule has 0 amide bonds. The molecule has 0 unspecified atom stereocenters. The van der Waals surface area contributed by atoms with Crippen molar-refractivity contribution in [3.8, 4) is 0 Å². The molecule has 0 aromatic heterocycles. The van der Waals surface area contributed by atoms with E-state index in [0.29, 0.717) is 32.6 Å². The van der Waals surface area contributed by atoms with Gasteiger partial charge in [0.2, 0.25) is 10.0 Å². The summed E-state index contributed by atoms with van der Waals surface area (Å²) in [7, 11) is -3.29. The lowest BCUT2D eigenvalue weighted by atomic mass is 9.85. The van der Waals surface area contributed by atoms with Crippen LogP contribution in [-0.4, -0.2) is 39.0 Å². The van der Waals surface area contributed by atoms with Gasteiger partial charge in [-0.1, -0.05) is 32.1 Å². The molecule has 1 saturated carbocycles. The van der Waals surface area contributed by atoms with Gasteiger partial charge in [0.1, 0.15) is 0 Å². The average molecular weight is 304 g/mol. The van der Waals surface area contributed by atoms with Gasteiger partial charge < -0.3 is 10.5 Å². The first-order valence-electron chi connectivity index (χ1n) is 7.89. The summed E-state index contributed by atoms with van der Waals surface area (Å²) in [6.07, 6.45) is 8.67. The number of hydrogen-bond acceptors (Lipinski definition) is 4. The zero-order chi connectivity index (χ0) is 14.5. The van der Waals surface area contributed by atoms with E-state index in [1.54, 1.807) is 0 Å². The van der Waals surface area contributed by atoms with Crippen LogP contribution < -0.4 is 10.5 Å². The Bertz CT molecular complexity index is 383. The Morgan fingerprint density at radius 2 is 1.60 bits per heavy atom. The minimum Gasteiger partial charge on any atom is -0.381 e. The van der Waals surface area contributed by atoms with Gasteiger partial charge in [0.15, 0.2) is 0 Å². The molecule has 6 heteroatoms. The van der Waals surface area contributed by atoms with Gasteiger partial charge in [0.05, 0.1) is 5.25 Å². The lowest BCUT2D eigenvalue weighted by Gasteiger charge is -2.37. The summed E-state index contributed by atoms with van der Waals surface area (Å²) in [6.45, 7) is 1.48. The lowest BCUT2D eigenvalue weighted by molar-refractivity contribution is 0.0978. The first-order valence-corrected chi connectivity index (χ1v) is 9.43. The molecule has 2 aliphatic rings. The molecule has 1 aliphatic heterocycles. The van der Waals surface area contributed by atoms with Crippen LogP contribution in [-0.2, 0) is 14.8 Å². The van der Waals surface area contributed by atoms with E-state index in [0.717, 1.165) is 25.7 Å². The molecule has 0 bridgehead atoms. The minimum atomic E-state index is -3.29. The van der Waals surface area contributed by atoms with E-state index in [9.17, 15) is 8.42 Å². The molecule has 0 aromatic carbocycles. The van der Waals surface area contributed by atoms with Crippen molar-refractivity contribution < 1.29 is 13.2 Å². The van der Waals surface area contributed by atoms with Crippen LogP contribution in [0.4, 0.5) is 0 Å². The SMILES string of the molecule is NCC1(NS(=O)(=O)C2CCOCC2)CCCCCCC1. The summed E-state index contributed by atoms with van der Waals surface area (Å²) >= 11 is 0. The highest BCUT2D eigenvalue weighted by atomic mass is 32.2. The maximum Gasteiger partial charge on any atom is 0.215 e. The molecule has 1 saturated heterocycles. The minimum absolute atomic E-state index is 0.315. The first kappa shape index (κ1) is 16.2. The number of sulfonamides is 1. The van der Waals surface area contributed by atoms with Crippen molar-refractivity contribution in [2.75, 3.05) is 19.8 Å². The first-order chi connectivity index (χ1) is 9.58. The standard InChI is InChI=1S/C14H28N2O3S/c15-12-14(8-4-2-1-3-5-9-14)16-20(17,18)13-6-10-19-11-7-13/h13,16H,1-12,15H2. The second kappa shape index (κ2) is 7.20. The molecule has 0 radical (unpaired) electrons. The Labute approximate surface area is 122 Å². The maximum atomic E-state index is 12.6. The van der Waals surface area contributed by atoms with E-state index in [2.05, 4.69) is 4.72 Å². The number of nitrogens with two attached hydrogens (primary N) is 1. The Hall–Kier alpha value is -0.170. The number of nitrogens with one attached hydrogen (secondary N) is 1. The lowest BCUT2D eigenvalue weighted by Crippen LogP contribution is -2.56. The van der Waals surface area contributed by atoms with Crippen molar-refractivity contribution >= 4 is 10.0 Å². The molecule has 2 fully saturated rings. The van der Waals surface area contributed by atoms with Crippen LogP contribution in [0.25, 0.3) is 0 Å². The summed E-state index contributed by atoms with van der Waals surface area (Å²) in [4.78, 5) is 0. The topological polar surface area (TPSA) is 81.4 Å². The molecule has 3 N–H and O–H groups in total. The molecule has 0 aromatic rings. The number of hydrogen-bond donors (Lipinski definition) is 2. The Morgan fingerprint density at radius 1 is 1.05 bits per heavy atom. The molecule has 20 heavy (non-hydrogen) atoms. The van der Waals surface area contributed by atoms with Crippen LogP contribution in [0.2, 0.25) is 0 Å². The van der Waals surface area contributed by atoms with Gasteiger partial charge in [-0.05, 0) is 25.7 Å². The molecular formula is C14H28N2O3S. The van der Waals surface area contributed by atoms with Crippen LogP contribution in [0.1, 0.15) is 57.8 Å². The highest BCUT2D eigenvalue weighted by Gasteiger charge is 2.37. The summed E-state index contributed by atoms with van der Waals surface area (Å²) < 4.78 is 33.4. The van der Waals surface area contributed by atoms with Gasteiger partial charge in [-0.3, -0.25) is 0 Å². The summed E-state index contributed by atoms with van der Waals surface area (Å²) in [5.74, 6) is 0. The average Bonchev–Trinajstić information content (AvgIpc) is 2.43. The third-order valence-corrected chi connectivity index (χ3v) is 6.73. The van der Waals surface area contributed by atoms with E-state index in [4.69, 9.17) is 10.5 Å². The van der Waals surface area contributed by atoms with Crippen molar-refractivity contribution in [2.45, 2.75) is 68.6 Å². The fraction of sp³-hybridized carbons (Fsp3) is 1.00. The predicted molar refractivity (Wildman–Crippen MR) is 80.0 cm³/mol. The smallest absolute Gasteiger partial charge is 0.215 e. The maximum absolute atomic E-state index is 12.6. The summed E-state index contributed by atoms with van der Waals surface area (Å²) in [5.41, 5.74) is 5.52. The third kappa shape index (κ3) is 4.16. The molecule has 0 atom stereocenters. The predicted octanol–water partition coefficient (Wildman–Crippen LogP) is 1.53. The molecular weight excluding hydrogens is 276 g/mol. The molecule has 0 spiro atoms. The van der Waals surface area contributed by atoms with Crippen LogP contribution in [0.15, 0.2) is 0 Å². The Balaban J connectivity index is 2.06. The van der Waals surface area contributed by atoms with Crippen LogP contribution >= 0.6 is 0 Å². The van der Waals surface area contributed by atoms with E-state index in [1.807, 2.05) is 0 Å². The monoisotopic (exact) mass is 304 g/mol. The normalized spacial score (nSPS) is 25.9. The largest absolute Gasteiger partial charge is 0.381 e. The van der Waals surface area contributed by atoms with Gasteiger partial charge in [0, 0.05) is 25.3 Å². The zero-order valence-corrected chi connectivity index (χ0v) is 13.1. The van der Waals surface area contributed by atoms with Crippen LogP contribution in [0.3, 0.4) is 0 Å². The van der Waals surface area contributed by atoms with Gasteiger partial charge in [-0.2, -0.15) is 0 Å². The second-order valence-electron chi connectivity index (χ2n) is 6.21. The quantitative estimate of drug-likeness (QED) is 0.825. The fourth-order valence-electron chi connectivity index (χ4n) is 3.30. The highest BCUT2D eigenvalue weighted by molar-refractivity contribution is 7.90. The molecule has 2 rings (SSSR count). The van der Waals surface area contributed by atoms with Crippen molar-refractivity contribution in [1.82, 2.24) is 4.72 Å². The van der Waals surface area contributed by atoms with Gasteiger partial charge in [-0.25, -0.2) is 13.1 Å². The zero-order valence-electron chi connectivity index (χ0n) is 12.3. The molecule has 5 nitrogen and oxygen atoms in total. The van der Waals surface area contributed by atoms with Gasteiger partial charge >= 0.3 is 0 Å². The van der Waals surface area contributed by atoms with Gasteiger partial charge in [-0.15, -0.1) is 0 Å². The van der Waals surface area contributed by atoms with E-state index >= 15 is 0 Å². The van der Waals surface area contributed by atoms with Gasteiger partial charge in [0.25, 0.3) is 0 Å². The van der Waals surface area contributed by atoms with E-state index < -0.39 is 15.6 Å². The van der Waals surface area contributed by atoms with E-state index in [1.165, 1.54) is 19.3 Å².